The summed E-state index contributed by atoms with van der Waals surface area (Å²) in [6.45, 7) is 7.71. The smallest absolute Gasteiger partial charge is 0.0382 e. The van der Waals surface area contributed by atoms with Gasteiger partial charge in [-0.2, -0.15) is 0 Å². The van der Waals surface area contributed by atoms with Crippen molar-refractivity contribution in [1.82, 2.24) is 4.98 Å². The second-order valence-electron chi connectivity index (χ2n) is 4.35. The Bertz CT molecular complexity index is 577. The summed E-state index contributed by atoms with van der Waals surface area (Å²) in [6, 6.07) is 12.8. The highest BCUT2D eigenvalue weighted by Gasteiger charge is 2.00. The van der Waals surface area contributed by atoms with E-state index < -0.39 is 0 Å². The van der Waals surface area contributed by atoms with Crippen LogP contribution in [0.4, 0.5) is 0 Å². The molecule has 2 rings (SSSR count). The van der Waals surface area contributed by atoms with E-state index in [0.717, 1.165) is 11.4 Å². The average molecular weight is 267 g/mol. The van der Waals surface area contributed by atoms with Crippen molar-refractivity contribution >= 4 is 11.8 Å². The number of nitrogens with zero attached hydrogens (tertiary/aromatic N) is 1. The first-order valence-electron chi connectivity index (χ1n) is 6.19. The van der Waals surface area contributed by atoms with Gasteiger partial charge in [-0.05, 0) is 54.6 Å². The molecular weight excluding hydrogens is 250 g/mol. The lowest BCUT2D eigenvalue weighted by Crippen LogP contribution is -1.87. The molecule has 0 saturated heterocycles. The average Bonchev–Trinajstić information content (AvgIpc) is 2.39. The minimum atomic E-state index is 1.06. The van der Waals surface area contributed by atoms with Gasteiger partial charge < -0.3 is 0 Å². The molecule has 0 aliphatic rings. The van der Waals surface area contributed by atoms with Crippen LogP contribution in [0, 0.1) is 13.8 Å². The Morgan fingerprint density at radius 3 is 2.21 bits per heavy atom. The second kappa shape index (κ2) is 6.39. The molecule has 0 unspecified atom stereocenters. The van der Waals surface area contributed by atoms with Gasteiger partial charge in [0, 0.05) is 16.3 Å². The molecule has 0 aliphatic carbocycles. The summed E-state index contributed by atoms with van der Waals surface area (Å²) in [5.41, 5.74) is 4.57. The molecular formula is C17H17NS. The van der Waals surface area contributed by atoms with E-state index >= 15 is 0 Å². The molecule has 2 aromatic rings. The lowest BCUT2D eigenvalue weighted by Gasteiger charge is -2.05. The Balaban J connectivity index is 2.22. The SMILES string of the molecule is C=CC=CSc1ccc(-c2cc(C)nc(C)c2)cc1. The molecule has 0 amide bonds. The van der Waals surface area contributed by atoms with Crippen LogP contribution in [0.2, 0.25) is 0 Å². The normalized spacial score (nSPS) is 10.8. The summed E-state index contributed by atoms with van der Waals surface area (Å²) < 4.78 is 0. The maximum atomic E-state index is 4.40. The predicted molar refractivity (Wildman–Crippen MR) is 84.3 cm³/mol. The minimum Gasteiger partial charge on any atom is -0.258 e. The van der Waals surface area contributed by atoms with Crippen molar-refractivity contribution in [1.29, 1.82) is 0 Å². The van der Waals surface area contributed by atoms with Gasteiger partial charge in [0.15, 0.2) is 0 Å². The third-order valence-electron chi connectivity index (χ3n) is 2.69. The molecule has 1 heterocycles. The number of aryl methyl sites for hydroxylation is 2. The van der Waals surface area contributed by atoms with E-state index in [4.69, 9.17) is 0 Å². The van der Waals surface area contributed by atoms with Gasteiger partial charge in [0.2, 0.25) is 0 Å². The molecule has 0 atom stereocenters. The second-order valence-corrected chi connectivity index (χ2v) is 5.32. The predicted octanol–water partition coefficient (Wildman–Crippen LogP) is 5.16. The molecule has 1 aromatic carbocycles. The topological polar surface area (TPSA) is 12.9 Å². The molecule has 2 heteroatoms. The molecule has 0 spiro atoms. The van der Waals surface area contributed by atoms with Crippen molar-refractivity contribution in [2.45, 2.75) is 18.7 Å². The minimum absolute atomic E-state index is 1.06. The van der Waals surface area contributed by atoms with Crippen molar-refractivity contribution in [2.24, 2.45) is 0 Å². The lowest BCUT2D eigenvalue weighted by atomic mass is 10.1. The van der Waals surface area contributed by atoms with Gasteiger partial charge >= 0.3 is 0 Å². The first-order valence-corrected chi connectivity index (χ1v) is 7.07. The van der Waals surface area contributed by atoms with E-state index in [1.807, 2.05) is 25.3 Å². The van der Waals surface area contributed by atoms with Gasteiger partial charge in [0.1, 0.15) is 0 Å². The van der Waals surface area contributed by atoms with Gasteiger partial charge in [-0.15, -0.1) is 0 Å². The number of hydrogen-bond donors (Lipinski definition) is 0. The van der Waals surface area contributed by atoms with Crippen LogP contribution in [-0.2, 0) is 0 Å². The highest BCUT2D eigenvalue weighted by molar-refractivity contribution is 8.02. The Kier molecular flexibility index (Phi) is 4.58. The largest absolute Gasteiger partial charge is 0.258 e. The Morgan fingerprint density at radius 1 is 1.00 bits per heavy atom. The van der Waals surface area contributed by atoms with Crippen molar-refractivity contribution < 1.29 is 0 Å². The molecule has 0 saturated carbocycles. The zero-order valence-electron chi connectivity index (χ0n) is 11.3. The van der Waals surface area contributed by atoms with Gasteiger partial charge in [-0.3, -0.25) is 4.98 Å². The monoisotopic (exact) mass is 267 g/mol. The van der Waals surface area contributed by atoms with Crippen molar-refractivity contribution in [3.63, 3.8) is 0 Å². The summed E-state index contributed by atoms with van der Waals surface area (Å²) in [5, 5.41) is 2.03. The number of hydrogen-bond acceptors (Lipinski definition) is 2. The zero-order chi connectivity index (χ0) is 13.7. The fourth-order valence-electron chi connectivity index (χ4n) is 1.90. The fraction of sp³-hybridized carbons (Fsp3) is 0.118. The highest BCUT2D eigenvalue weighted by Crippen LogP contribution is 2.25. The number of benzene rings is 1. The van der Waals surface area contributed by atoms with Gasteiger partial charge in [0.25, 0.3) is 0 Å². The summed E-state index contributed by atoms with van der Waals surface area (Å²) in [7, 11) is 0. The van der Waals surface area contributed by atoms with Crippen molar-refractivity contribution in [3.05, 3.63) is 71.9 Å². The molecule has 1 aromatic heterocycles. The van der Waals surface area contributed by atoms with Gasteiger partial charge in [0.05, 0.1) is 0 Å². The first kappa shape index (κ1) is 13.6. The van der Waals surface area contributed by atoms with E-state index in [2.05, 4.69) is 48.0 Å². The third kappa shape index (κ3) is 3.83. The summed E-state index contributed by atoms with van der Waals surface area (Å²) >= 11 is 1.69. The first-order chi connectivity index (χ1) is 9.19. The molecule has 0 aliphatic heterocycles. The van der Waals surface area contributed by atoms with Gasteiger partial charge in [-0.25, -0.2) is 0 Å². The van der Waals surface area contributed by atoms with E-state index in [9.17, 15) is 0 Å². The number of thioether (sulfide) groups is 1. The van der Waals surface area contributed by atoms with Crippen LogP contribution >= 0.6 is 11.8 Å². The van der Waals surface area contributed by atoms with E-state index in [1.54, 1.807) is 17.8 Å². The van der Waals surface area contributed by atoms with Crippen LogP contribution < -0.4 is 0 Å². The summed E-state index contributed by atoms with van der Waals surface area (Å²) in [5.74, 6) is 0. The maximum Gasteiger partial charge on any atom is 0.0382 e. The molecule has 19 heavy (non-hydrogen) atoms. The van der Waals surface area contributed by atoms with Crippen LogP contribution in [-0.4, -0.2) is 4.98 Å². The van der Waals surface area contributed by atoms with Gasteiger partial charge in [-0.1, -0.05) is 42.6 Å². The quantitative estimate of drug-likeness (QED) is 0.560. The molecule has 0 radical (unpaired) electrons. The van der Waals surface area contributed by atoms with E-state index in [1.165, 1.54) is 16.0 Å². The number of aromatic nitrogens is 1. The van der Waals surface area contributed by atoms with Crippen LogP contribution in [0.25, 0.3) is 11.1 Å². The number of pyridine rings is 1. The Morgan fingerprint density at radius 2 is 1.63 bits per heavy atom. The lowest BCUT2D eigenvalue weighted by molar-refractivity contribution is 1.12. The van der Waals surface area contributed by atoms with E-state index in [-0.39, 0.29) is 0 Å². The summed E-state index contributed by atoms with van der Waals surface area (Å²) in [4.78, 5) is 5.63. The van der Waals surface area contributed by atoms with Crippen LogP contribution in [0.1, 0.15) is 11.4 Å². The highest BCUT2D eigenvalue weighted by atomic mass is 32.2. The van der Waals surface area contributed by atoms with Crippen molar-refractivity contribution in [2.75, 3.05) is 0 Å². The number of rotatable bonds is 4. The van der Waals surface area contributed by atoms with Crippen molar-refractivity contribution in [3.8, 4) is 11.1 Å². The standard InChI is InChI=1S/C17H17NS/c1-4-5-10-19-17-8-6-15(7-9-17)16-11-13(2)18-14(3)12-16/h4-12H,1H2,2-3H3. The molecule has 0 N–H and O–H groups in total. The molecule has 1 nitrogen and oxygen atoms in total. The number of allylic oxidation sites excluding steroid dienone is 2. The summed E-state index contributed by atoms with van der Waals surface area (Å²) in [6.07, 6.45) is 3.72. The molecule has 0 fully saturated rings. The maximum absolute atomic E-state index is 4.40. The fourth-order valence-corrected chi connectivity index (χ4v) is 2.54. The zero-order valence-corrected chi connectivity index (χ0v) is 12.1. The third-order valence-corrected chi connectivity index (χ3v) is 3.53. The van der Waals surface area contributed by atoms with E-state index in [0.29, 0.717) is 0 Å². The van der Waals surface area contributed by atoms with Crippen LogP contribution in [0.3, 0.4) is 0 Å². The van der Waals surface area contributed by atoms with Crippen LogP contribution in [0.15, 0.2) is 65.4 Å². The molecule has 0 bridgehead atoms. The Labute approximate surface area is 119 Å². The van der Waals surface area contributed by atoms with Crippen LogP contribution in [0.5, 0.6) is 0 Å². The Hall–Kier alpha value is -1.80. The molecule has 96 valence electrons.